The lowest BCUT2D eigenvalue weighted by Crippen LogP contribution is -1.69. The van der Waals surface area contributed by atoms with E-state index in [4.69, 9.17) is 0 Å². The normalized spacial score (nSPS) is 10.5. The van der Waals surface area contributed by atoms with E-state index in [1.807, 2.05) is 12.3 Å². The summed E-state index contributed by atoms with van der Waals surface area (Å²) in [6.45, 7) is 4.17. The summed E-state index contributed by atoms with van der Waals surface area (Å²) in [6, 6.07) is 18.9. The number of aryl methyl sites for hydroxylation is 2. The molecule has 0 aliphatic heterocycles. The van der Waals surface area contributed by atoms with Crippen LogP contribution in [0.2, 0.25) is 0 Å². The number of benzene rings is 2. The molecule has 2 aromatic heterocycles. The lowest BCUT2D eigenvalue weighted by molar-refractivity contribution is 1.30. The Balaban J connectivity index is 0.000000121. The highest BCUT2D eigenvalue weighted by molar-refractivity contribution is 5.80. The molecule has 100 valence electrons. The summed E-state index contributed by atoms with van der Waals surface area (Å²) in [5, 5.41) is 2.58. The molecule has 2 N–H and O–H groups in total. The van der Waals surface area contributed by atoms with Gasteiger partial charge in [-0.25, -0.2) is 0 Å². The number of hydrogen-bond acceptors (Lipinski definition) is 0. The van der Waals surface area contributed by atoms with E-state index in [9.17, 15) is 0 Å². The molecular weight excluding hydrogens is 244 g/mol. The van der Waals surface area contributed by atoms with E-state index in [2.05, 4.69) is 72.3 Å². The van der Waals surface area contributed by atoms with E-state index >= 15 is 0 Å². The van der Waals surface area contributed by atoms with Gasteiger partial charge in [-0.3, -0.25) is 0 Å². The summed E-state index contributed by atoms with van der Waals surface area (Å²) in [6.07, 6.45) is 1.96. The van der Waals surface area contributed by atoms with Gasteiger partial charge in [0, 0.05) is 22.9 Å². The molecule has 2 nitrogen and oxygen atoms in total. The molecule has 2 heteroatoms. The molecule has 0 aliphatic carbocycles. The maximum absolute atomic E-state index is 3.26. The molecule has 0 radical (unpaired) electrons. The van der Waals surface area contributed by atoms with Crippen molar-refractivity contribution in [3.05, 3.63) is 72.1 Å². The van der Waals surface area contributed by atoms with Crippen LogP contribution in [-0.2, 0) is 0 Å². The van der Waals surface area contributed by atoms with Crippen molar-refractivity contribution in [2.75, 3.05) is 0 Å². The zero-order valence-electron chi connectivity index (χ0n) is 11.8. The molecule has 4 aromatic rings. The maximum atomic E-state index is 3.26. The SMILES string of the molecule is Cc1cc2ccccc2[nH]1.Cc1ccc2[nH]ccc2c1. The summed E-state index contributed by atoms with van der Waals surface area (Å²) in [4.78, 5) is 6.41. The van der Waals surface area contributed by atoms with E-state index in [0.717, 1.165) is 0 Å². The highest BCUT2D eigenvalue weighted by atomic mass is 14.7. The minimum Gasteiger partial charge on any atom is -0.361 e. The third-order valence-corrected chi connectivity index (χ3v) is 3.37. The van der Waals surface area contributed by atoms with Crippen LogP contribution in [0.25, 0.3) is 21.8 Å². The molecule has 0 aliphatic rings. The van der Waals surface area contributed by atoms with Crippen molar-refractivity contribution < 1.29 is 0 Å². The van der Waals surface area contributed by atoms with Gasteiger partial charge < -0.3 is 9.97 Å². The maximum Gasteiger partial charge on any atom is 0.0455 e. The number of nitrogens with one attached hydrogen (secondary N) is 2. The van der Waals surface area contributed by atoms with E-state index in [1.165, 1.54) is 33.1 Å². The van der Waals surface area contributed by atoms with Gasteiger partial charge in [0.1, 0.15) is 0 Å². The summed E-state index contributed by atoms with van der Waals surface area (Å²) >= 11 is 0. The Kier molecular flexibility index (Phi) is 3.30. The van der Waals surface area contributed by atoms with Gasteiger partial charge in [0.25, 0.3) is 0 Å². The molecule has 4 rings (SSSR count). The van der Waals surface area contributed by atoms with Crippen LogP contribution >= 0.6 is 0 Å². The molecule has 0 amide bonds. The smallest absolute Gasteiger partial charge is 0.0455 e. The molecule has 2 heterocycles. The molecule has 2 aromatic carbocycles. The third-order valence-electron chi connectivity index (χ3n) is 3.37. The highest BCUT2D eigenvalue weighted by Gasteiger charge is 1.92. The number of rotatable bonds is 0. The number of H-pyrrole nitrogens is 2. The minimum absolute atomic E-state index is 1.21. The van der Waals surface area contributed by atoms with Crippen molar-refractivity contribution >= 4 is 21.8 Å². The summed E-state index contributed by atoms with van der Waals surface area (Å²) in [5.74, 6) is 0. The minimum atomic E-state index is 1.21. The first kappa shape index (κ1) is 12.5. The summed E-state index contributed by atoms with van der Waals surface area (Å²) < 4.78 is 0. The first-order chi connectivity index (χ1) is 9.72. The molecular formula is C18H18N2. The Hall–Kier alpha value is -2.48. The van der Waals surface area contributed by atoms with Crippen LogP contribution in [-0.4, -0.2) is 9.97 Å². The van der Waals surface area contributed by atoms with Gasteiger partial charge in [-0.2, -0.15) is 0 Å². The molecule has 0 unspecified atom stereocenters. The fraction of sp³-hybridized carbons (Fsp3) is 0.111. The second-order valence-corrected chi connectivity index (χ2v) is 5.11. The topological polar surface area (TPSA) is 31.6 Å². The van der Waals surface area contributed by atoms with Crippen molar-refractivity contribution in [1.29, 1.82) is 0 Å². The zero-order chi connectivity index (χ0) is 13.9. The average molecular weight is 262 g/mol. The Morgan fingerprint density at radius 2 is 1.55 bits per heavy atom. The fourth-order valence-corrected chi connectivity index (χ4v) is 2.39. The second kappa shape index (κ2) is 5.25. The predicted molar refractivity (Wildman–Crippen MR) is 86.1 cm³/mol. The number of para-hydroxylation sites is 1. The molecule has 0 fully saturated rings. The predicted octanol–water partition coefficient (Wildman–Crippen LogP) is 4.95. The monoisotopic (exact) mass is 262 g/mol. The van der Waals surface area contributed by atoms with Gasteiger partial charge in [-0.15, -0.1) is 0 Å². The van der Waals surface area contributed by atoms with Crippen LogP contribution in [0.1, 0.15) is 11.3 Å². The number of aromatic amines is 2. The van der Waals surface area contributed by atoms with E-state index < -0.39 is 0 Å². The summed E-state index contributed by atoms with van der Waals surface area (Å²) in [7, 11) is 0. The number of hydrogen-bond donors (Lipinski definition) is 2. The molecule has 0 atom stereocenters. The number of aromatic nitrogens is 2. The molecule has 0 saturated heterocycles. The van der Waals surface area contributed by atoms with Gasteiger partial charge in [-0.1, -0.05) is 29.8 Å². The van der Waals surface area contributed by atoms with Crippen molar-refractivity contribution in [3.8, 4) is 0 Å². The standard InChI is InChI=1S/2C9H9N/c1-7-2-3-9-8(6-7)4-5-10-9;1-7-6-8-4-2-3-5-9(8)10-7/h2*2-6,10H,1H3. The zero-order valence-corrected chi connectivity index (χ0v) is 11.8. The van der Waals surface area contributed by atoms with Crippen LogP contribution in [0.5, 0.6) is 0 Å². The largest absolute Gasteiger partial charge is 0.361 e. The van der Waals surface area contributed by atoms with Crippen molar-refractivity contribution in [3.63, 3.8) is 0 Å². The van der Waals surface area contributed by atoms with Gasteiger partial charge >= 0.3 is 0 Å². The van der Waals surface area contributed by atoms with Crippen LogP contribution < -0.4 is 0 Å². The molecule has 20 heavy (non-hydrogen) atoms. The Morgan fingerprint density at radius 3 is 2.40 bits per heavy atom. The molecule has 0 bridgehead atoms. The lowest BCUT2D eigenvalue weighted by atomic mass is 10.2. The first-order valence-corrected chi connectivity index (χ1v) is 6.80. The summed E-state index contributed by atoms with van der Waals surface area (Å²) in [5.41, 5.74) is 4.97. The average Bonchev–Trinajstić information content (AvgIpc) is 3.03. The Labute approximate surface area is 118 Å². The first-order valence-electron chi connectivity index (χ1n) is 6.80. The van der Waals surface area contributed by atoms with Gasteiger partial charge in [0.05, 0.1) is 0 Å². The van der Waals surface area contributed by atoms with Crippen LogP contribution in [0.3, 0.4) is 0 Å². The lowest BCUT2D eigenvalue weighted by Gasteiger charge is -1.90. The third kappa shape index (κ3) is 2.59. The van der Waals surface area contributed by atoms with Gasteiger partial charge in [0.2, 0.25) is 0 Å². The second-order valence-electron chi connectivity index (χ2n) is 5.11. The van der Waals surface area contributed by atoms with E-state index in [-0.39, 0.29) is 0 Å². The Morgan fingerprint density at radius 1 is 0.750 bits per heavy atom. The fourth-order valence-electron chi connectivity index (χ4n) is 2.39. The quantitative estimate of drug-likeness (QED) is 0.449. The van der Waals surface area contributed by atoms with Crippen molar-refractivity contribution in [2.45, 2.75) is 13.8 Å². The van der Waals surface area contributed by atoms with E-state index in [1.54, 1.807) is 0 Å². The van der Waals surface area contributed by atoms with E-state index in [0.29, 0.717) is 0 Å². The van der Waals surface area contributed by atoms with Crippen LogP contribution in [0, 0.1) is 13.8 Å². The number of fused-ring (bicyclic) bond motifs is 2. The highest BCUT2D eigenvalue weighted by Crippen LogP contribution is 2.13. The molecule has 0 spiro atoms. The van der Waals surface area contributed by atoms with Gasteiger partial charge in [-0.05, 0) is 55.0 Å². The van der Waals surface area contributed by atoms with Crippen molar-refractivity contribution in [2.24, 2.45) is 0 Å². The van der Waals surface area contributed by atoms with Gasteiger partial charge in [0.15, 0.2) is 0 Å². The van der Waals surface area contributed by atoms with Crippen LogP contribution in [0.15, 0.2) is 60.8 Å². The van der Waals surface area contributed by atoms with Crippen LogP contribution in [0.4, 0.5) is 0 Å². The molecule has 0 saturated carbocycles. The van der Waals surface area contributed by atoms with Crippen molar-refractivity contribution in [1.82, 2.24) is 9.97 Å². The Bertz CT molecular complexity index is 804.